The number of aromatic nitrogens is 6. The van der Waals surface area contributed by atoms with Gasteiger partial charge in [0.1, 0.15) is 5.60 Å². The van der Waals surface area contributed by atoms with Crippen LogP contribution in [0.3, 0.4) is 0 Å². The first-order valence-corrected chi connectivity index (χ1v) is 57.8. The van der Waals surface area contributed by atoms with Crippen LogP contribution in [0.25, 0.3) is 5.13 Å². The van der Waals surface area contributed by atoms with Gasteiger partial charge in [-0.15, -0.1) is 34.0 Å². The zero-order valence-electron chi connectivity index (χ0n) is 93.2. The number of pyridine rings is 2. The maximum Gasteiger partial charge on any atom is 0.213 e. The highest BCUT2D eigenvalue weighted by molar-refractivity contribution is 7.88. The summed E-state index contributed by atoms with van der Waals surface area (Å²) < 4.78 is 49.1. The predicted molar refractivity (Wildman–Crippen MR) is 596 cm³/mol. The van der Waals surface area contributed by atoms with E-state index in [4.69, 9.17) is 18.9 Å². The average molecular weight is 1980 g/mol. The Labute approximate surface area is 851 Å². The van der Waals surface area contributed by atoms with Gasteiger partial charge < -0.3 is 43.1 Å². The molecule has 0 spiro atoms. The lowest BCUT2D eigenvalue weighted by atomic mass is 9.83. The first kappa shape index (κ1) is 130. The van der Waals surface area contributed by atoms with Crippen LogP contribution in [0.1, 0.15) is 431 Å². The van der Waals surface area contributed by atoms with E-state index >= 15 is 0 Å². The standard InChI is InChI=1S/C14H29N.C13H27N.C11H23NO.C11H17N.C10H12N2S.C10H18N2S.C10H21NO3S.C10H20O.C9H13NO.C9H19N.C6H9NS.CH4/c1-5-10-15-11-7-13(8-12-15)6-9-14(2,3)4;1-4-9-14-10-7-13(8-11-14)6-5-12(2)3;1-4-7-12-8-5-11(6-9-12)13-10(2)3;1-11(2,3)8-7-10-6-4-5-9-12-10;1-8(2)9-7-13-10(11-9)12-5-3-4-6-12;1-5-12(6-2)10-11-9(7-13-10)8(3)4;1-10(2,3)14-9-5-7-11(8-6-9)15(4,12)13;1-10(2,3)11-9-7-5-4-6-8-9;1-9(2,3)11-8-6-4-5-7-10-8;1-9(2,3)10-7-5-4-6-8-10;1-5(2)6-3-8-4-7-6;/h13H,5-12H2,1-4H3;12-13H,4-11H2,1-3H3;10-11H,4-9H2,1-3H3;4-6,9H,7-8H2,1-3H3;3-8H,1-2H3;7-8H,5-6H2,1-4H3;9H,5-8H2,1-4H3;9H,4-8H2,1-3H3;4-7H,1-3H3;4-8H2,1-3H3;3-5H,1-2H3;1H4. The molecule has 0 atom stereocenters. The Hall–Kier alpha value is -4.30. The van der Waals surface area contributed by atoms with E-state index in [0.717, 1.165) is 60.4 Å². The number of ether oxygens (including phenoxy) is 4. The Morgan fingerprint density at radius 1 is 0.463 bits per heavy atom. The third-order valence-corrected chi connectivity index (χ3v) is 28.0. The lowest BCUT2D eigenvalue weighted by molar-refractivity contribution is -0.0761. The van der Waals surface area contributed by atoms with E-state index in [0.29, 0.717) is 71.4 Å². The van der Waals surface area contributed by atoms with Crippen molar-refractivity contribution in [1.29, 1.82) is 0 Å². The van der Waals surface area contributed by atoms with Crippen molar-refractivity contribution in [3.05, 3.63) is 118 Å². The third-order valence-electron chi connectivity index (χ3n) is 24.3. The van der Waals surface area contributed by atoms with Gasteiger partial charge in [-0.1, -0.05) is 176 Å². The van der Waals surface area contributed by atoms with Gasteiger partial charge in [0.2, 0.25) is 15.9 Å². The molecule has 0 bridgehead atoms. The van der Waals surface area contributed by atoms with E-state index in [9.17, 15) is 8.42 Å². The number of hydrogen-bond acceptors (Lipinski definition) is 19. The molecular formula is C114H212N12O6S4. The molecule has 1 saturated carbocycles. The van der Waals surface area contributed by atoms with Crippen molar-refractivity contribution in [3.63, 3.8) is 0 Å². The quantitative estimate of drug-likeness (QED) is 0.0504. The molecule has 0 radical (unpaired) electrons. The number of nitrogens with zero attached hydrogens (tertiary/aromatic N) is 12. The second-order valence-electron chi connectivity index (χ2n) is 46.2. The minimum Gasteiger partial charge on any atom is -0.472 e. The fourth-order valence-electron chi connectivity index (χ4n) is 16.4. The smallest absolute Gasteiger partial charge is 0.213 e. The molecule has 136 heavy (non-hydrogen) atoms. The number of rotatable bonds is 26. The van der Waals surface area contributed by atoms with Crippen molar-refractivity contribution in [3.8, 4) is 11.0 Å². The van der Waals surface area contributed by atoms with Crippen LogP contribution in [0.15, 0.2) is 95.0 Å². The summed E-state index contributed by atoms with van der Waals surface area (Å²) in [5.41, 5.74) is 7.77. The predicted octanol–water partition coefficient (Wildman–Crippen LogP) is 30.8. The molecule has 788 valence electrons. The second-order valence-corrected chi connectivity index (χ2v) is 50.6. The highest BCUT2D eigenvalue weighted by Crippen LogP contribution is 2.32. The number of aryl methyl sites for hydroxylation is 1. The van der Waals surface area contributed by atoms with E-state index in [1.165, 1.54) is 247 Å². The first-order valence-electron chi connectivity index (χ1n) is 53.3. The van der Waals surface area contributed by atoms with Gasteiger partial charge in [-0.05, 0) is 368 Å². The minimum absolute atomic E-state index is 0. The van der Waals surface area contributed by atoms with Gasteiger partial charge in [0, 0.05) is 97.5 Å². The van der Waals surface area contributed by atoms with Gasteiger partial charge >= 0.3 is 0 Å². The third kappa shape index (κ3) is 65.8. The van der Waals surface area contributed by atoms with Crippen molar-refractivity contribution < 1.29 is 27.4 Å². The Balaban J connectivity index is 0.000000750. The van der Waals surface area contributed by atoms with E-state index in [-0.39, 0.29) is 30.3 Å². The molecule has 6 aromatic heterocycles. The number of hydrogen-bond donors (Lipinski definition) is 0. The summed E-state index contributed by atoms with van der Waals surface area (Å²) in [6.45, 7) is 89.9. The van der Waals surface area contributed by atoms with E-state index in [1.807, 2.05) is 113 Å². The minimum atomic E-state index is -3.02. The Morgan fingerprint density at radius 3 is 1.28 bits per heavy atom. The maximum absolute atomic E-state index is 11.3. The molecule has 1 aliphatic carbocycles. The summed E-state index contributed by atoms with van der Waals surface area (Å²) in [4.78, 5) is 34.3. The summed E-state index contributed by atoms with van der Waals surface area (Å²) in [6.07, 6.45) is 43.2. The Kier molecular flexibility index (Phi) is 66.4. The van der Waals surface area contributed by atoms with Crippen LogP contribution in [-0.4, -0.2) is 213 Å². The lowest BCUT2D eigenvalue weighted by Crippen LogP contribution is -2.44. The van der Waals surface area contributed by atoms with E-state index < -0.39 is 10.0 Å². The molecule has 0 N–H and O–H groups in total. The molecule has 22 heteroatoms. The number of thiazole rings is 3. The van der Waals surface area contributed by atoms with Crippen LogP contribution in [0.4, 0.5) is 5.13 Å². The SMILES string of the molecule is C.CC(C)(C)CCc1ccccn1.CC(C)(C)N1CCCCC1.CC(C)(C)OC1CCCCC1.CC(C)(C)OC1CCN(S(C)(=O)=O)CC1.CC(C)(C)Oc1ccccn1.CC(C)c1csc(-n2cccc2)n1.CC(C)c1cscn1.CCCN1CCC(CCC(C)(C)C)CC1.CCCN1CCC(CCC(C)C)CC1.CCCN1CCC(OC(C)C)CC1.CCN(CC)c1nc(C(C)C)cs1. The lowest BCUT2D eigenvalue weighted by Gasteiger charge is -2.38. The number of likely N-dealkylation sites (tertiary alicyclic amines) is 4. The van der Waals surface area contributed by atoms with Gasteiger partial charge in [0.05, 0.1) is 64.5 Å². The van der Waals surface area contributed by atoms with Crippen LogP contribution in [0.2, 0.25) is 0 Å². The average Bonchev–Trinajstić information content (AvgIpc) is 0.992. The molecule has 5 aliphatic heterocycles. The Bertz CT molecular complexity index is 3840. The fraction of sp³-hybridized carbons (Fsp3) is 0.798. The summed E-state index contributed by atoms with van der Waals surface area (Å²) in [5, 5.41) is 8.59. The van der Waals surface area contributed by atoms with Gasteiger partial charge in [0.25, 0.3) is 0 Å². The van der Waals surface area contributed by atoms with Gasteiger partial charge in [-0.3, -0.25) is 9.88 Å². The molecule has 5 saturated heterocycles. The largest absolute Gasteiger partial charge is 0.472 e. The van der Waals surface area contributed by atoms with Crippen molar-refractivity contribution >= 4 is 49.2 Å². The zero-order valence-corrected chi connectivity index (χ0v) is 96.5. The monoisotopic (exact) mass is 1970 g/mol. The van der Waals surface area contributed by atoms with E-state index in [1.54, 1.807) is 40.2 Å². The molecule has 6 aliphatic rings. The number of anilines is 1. The first-order chi connectivity index (χ1) is 63.2. The van der Waals surface area contributed by atoms with Gasteiger partial charge in [-0.25, -0.2) is 32.7 Å². The summed E-state index contributed by atoms with van der Waals surface area (Å²) in [7, 11) is -3.02. The molecule has 6 aromatic rings. The van der Waals surface area contributed by atoms with Crippen molar-refractivity contribution in [2.45, 2.75) is 461 Å². The van der Waals surface area contributed by atoms with Gasteiger partial charge in [0.15, 0.2) is 10.3 Å². The number of sulfonamides is 1. The van der Waals surface area contributed by atoms with E-state index in [2.05, 4.69) is 259 Å². The normalized spacial score (nSPS) is 17.0. The zero-order chi connectivity index (χ0) is 101. The number of piperidine rings is 5. The van der Waals surface area contributed by atoms with Crippen LogP contribution in [0.5, 0.6) is 5.88 Å². The molecule has 18 nitrogen and oxygen atoms in total. The van der Waals surface area contributed by atoms with Crippen LogP contribution in [-0.2, 0) is 30.7 Å². The molecule has 0 amide bonds. The summed E-state index contributed by atoms with van der Waals surface area (Å²) in [6, 6.07) is 15.7. The molecule has 11 heterocycles. The topological polar surface area (TPSA) is 160 Å². The van der Waals surface area contributed by atoms with Crippen molar-refractivity contribution in [1.82, 2.24) is 53.4 Å². The Morgan fingerprint density at radius 2 is 0.912 bits per heavy atom. The van der Waals surface area contributed by atoms with Crippen LogP contribution < -0.4 is 9.64 Å². The molecule has 0 unspecified atom stereocenters. The molecular weight excluding hydrogens is 1760 g/mol. The van der Waals surface area contributed by atoms with Gasteiger partial charge in [-0.2, -0.15) is 0 Å². The van der Waals surface area contributed by atoms with Crippen LogP contribution in [0, 0.1) is 28.6 Å². The summed E-state index contributed by atoms with van der Waals surface area (Å²) >= 11 is 5.09. The molecule has 12 rings (SSSR count). The molecule has 0 aromatic carbocycles. The van der Waals surface area contributed by atoms with Crippen molar-refractivity contribution in [2.75, 3.05) is 109 Å². The fourth-order valence-corrected chi connectivity index (χ4v) is 20.1. The van der Waals surface area contributed by atoms with Crippen LogP contribution >= 0.6 is 34.0 Å². The highest BCUT2D eigenvalue weighted by Gasteiger charge is 2.30. The second kappa shape index (κ2) is 69.6. The highest BCUT2D eigenvalue weighted by atomic mass is 32.2. The van der Waals surface area contributed by atoms with Crippen molar-refractivity contribution in [2.24, 2.45) is 28.6 Å². The summed E-state index contributed by atoms with van der Waals surface area (Å²) in [5.74, 6) is 5.26. The maximum atomic E-state index is 11.3. The molecule has 6 fully saturated rings.